The molecule has 0 heterocycles. The Morgan fingerprint density at radius 1 is 1.58 bits per heavy atom. The summed E-state index contributed by atoms with van der Waals surface area (Å²) in [5.41, 5.74) is -0.202. The van der Waals surface area contributed by atoms with Crippen molar-refractivity contribution in [2.24, 2.45) is 11.3 Å². The summed E-state index contributed by atoms with van der Waals surface area (Å²) in [4.78, 5) is 11.4. The number of carbonyl (C=O) groups excluding carboxylic acids is 1. The molecule has 0 amide bonds. The quantitative estimate of drug-likeness (QED) is 0.565. The van der Waals surface area contributed by atoms with Gasteiger partial charge in [0.15, 0.2) is 0 Å². The lowest BCUT2D eigenvalue weighted by molar-refractivity contribution is -0.154. The minimum absolute atomic E-state index is 0.0333. The van der Waals surface area contributed by atoms with Gasteiger partial charge in [0.2, 0.25) is 0 Å². The first kappa shape index (κ1) is 9.56. The Kier molecular flexibility index (Phi) is 2.76. The van der Waals surface area contributed by atoms with Crippen molar-refractivity contribution in [2.45, 2.75) is 39.5 Å². The van der Waals surface area contributed by atoms with Crippen molar-refractivity contribution in [2.75, 3.05) is 7.11 Å². The van der Waals surface area contributed by atoms with Crippen molar-refractivity contribution >= 4 is 5.97 Å². The topological polar surface area (TPSA) is 26.3 Å². The van der Waals surface area contributed by atoms with Gasteiger partial charge in [-0.2, -0.15) is 0 Å². The molecule has 0 N–H and O–H groups in total. The molecular formula is C10H18O2. The van der Waals surface area contributed by atoms with Crippen LogP contribution in [0, 0.1) is 11.3 Å². The second-order valence-electron chi connectivity index (χ2n) is 4.25. The van der Waals surface area contributed by atoms with E-state index in [1.807, 2.05) is 6.92 Å². The summed E-state index contributed by atoms with van der Waals surface area (Å²) in [6.07, 6.45) is 4.39. The second-order valence-corrected chi connectivity index (χ2v) is 4.25. The molecule has 1 saturated carbocycles. The fraction of sp³-hybridized carbons (Fsp3) is 0.900. The van der Waals surface area contributed by atoms with Gasteiger partial charge in [0, 0.05) is 0 Å². The highest BCUT2D eigenvalue weighted by Crippen LogP contribution is 2.39. The minimum Gasteiger partial charge on any atom is -0.469 e. The van der Waals surface area contributed by atoms with Crippen LogP contribution in [-0.2, 0) is 9.53 Å². The van der Waals surface area contributed by atoms with E-state index >= 15 is 0 Å². The SMILES string of the molecule is COC(=O)[C@]1(C)CCC[C@@H](C)C1. The molecule has 70 valence electrons. The summed E-state index contributed by atoms with van der Waals surface area (Å²) in [5, 5.41) is 0. The summed E-state index contributed by atoms with van der Waals surface area (Å²) in [5.74, 6) is 0.636. The second kappa shape index (κ2) is 3.46. The Hall–Kier alpha value is -0.530. The van der Waals surface area contributed by atoms with E-state index in [2.05, 4.69) is 6.92 Å². The van der Waals surface area contributed by atoms with Gasteiger partial charge < -0.3 is 4.74 Å². The van der Waals surface area contributed by atoms with Gasteiger partial charge in [-0.25, -0.2) is 0 Å². The molecule has 0 spiro atoms. The maximum absolute atomic E-state index is 11.4. The van der Waals surface area contributed by atoms with E-state index in [0.717, 1.165) is 19.3 Å². The number of ether oxygens (including phenoxy) is 1. The van der Waals surface area contributed by atoms with E-state index in [1.54, 1.807) is 0 Å². The van der Waals surface area contributed by atoms with Gasteiger partial charge in [-0.15, -0.1) is 0 Å². The molecule has 2 heteroatoms. The van der Waals surface area contributed by atoms with Crippen LogP contribution in [0.2, 0.25) is 0 Å². The van der Waals surface area contributed by atoms with Crippen LogP contribution in [-0.4, -0.2) is 13.1 Å². The normalized spacial score (nSPS) is 36.1. The third-order valence-electron chi connectivity index (χ3n) is 2.90. The molecule has 0 aromatic carbocycles. The Labute approximate surface area is 74.3 Å². The first-order chi connectivity index (χ1) is 5.58. The highest BCUT2D eigenvalue weighted by atomic mass is 16.5. The van der Waals surface area contributed by atoms with E-state index in [1.165, 1.54) is 13.5 Å². The van der Waals surface area contributed by atoms with Crippen LogP contribution in [0.1, 0.15) is 39.5 Å². The minimum atomic E-state index is -0.202. The fourth-order valence-corrected chi connectivity index (χ4v) is 2.25. The molecule has 0 aromatic heterocycles. The number of hydrogen-bond donors (Lipinski definition) is 0. The molecule has 0 aliphatic heterocycles. The Morgan fingerprint density at radius 2 is 2.25 bits per heavy atom. The smallest absolute Gasteiger partial charge is 0.311 e. The Balaban J connectivity index is 2.63. The van der Waals surface area contributed by atoms with Crippen molar-refractivity contribution in [1.82, 2.24) is 0 Å². The zero-order valence-electron chi connectivity index (χ0n) is 8.22. The van der Waals surface area contributed by atoms with Crippen LogP contribution in [0.25, 0.3) is 0 Å². The molecule has 0 bridgehead atoms. The van der Waals surface area contributed by atoms with Gasteiger partial charge in [0.1, 0.15) is 0 Å². The average Bonchev–Trinajstić information content (AvgIpc) is 2.02. The lowest BCUT2D eigenvalue weighted by Crippen LogP contribution is -2.33. The molecule has 2 atom stereocenters. The molecule has 0 radical (unpaired) electrons. The first-order valence-electron chi connectivity index (χ1n) is 4.67. The Morgan fingerprint density at radius 3 is 2.75 bits per heavy atom. The largest absolute Gasteiger partial charge is 0.469 e. The average molecular weight is 170 g/mol. The van der Waals surface area contributed by atoms with Crippen molar-refractivity contribution in [3.8, 4) is 0 Å². The van der Waals surface area contributed by atoms with Crippen LogP contribution < -0.4 is 0 Å². The number of rotatable bonds is 1. The molecular weight excluding hydrogens is 152 g/mol. The summed E-state index contributed by atoms with van der Waals surface area (Å²) in [7, 11) is 1.48. The van der Waals surface area contributed by atoms with Crippen LogP contribution in [0.4, 0.5) is 0 Å². The molecule has 0 aromatic rings. The predicted octanol–water partition coefficient (Wildman–Crippen LogP) is 2.38. The van der Waals surface area contributed by atoms with Crippen LogP contribution >= 0.6 is 0 Å². The molecule has 2 nitrogen and oxygen atoms in total. The van der Waals surface area contributed by atoms with E-state index < -0.39 is 0 Å². The van der Waals surface area contributed by atoms with Crippen LogP contribution in [0.15, 0.2) is 0 Å². The van der Waals surface area contributed by atoms with Crippen molar-refractivity contribution < 1.29 is 9.53 Å². The molecule has 0 saturated heterocycles. The number of hydrogen-bond acceptors (Lipinski definition) is 2. The molecule has 1 aliphatic carbocycles. The lowest BCUT2D eigenvalue weighted by Gasteiger charge is -2.34. The highest BCUT2D eigenvalue weighted by Gasteiger charge is 2.37. The Bertz CT molecular complexity index is 177. The van der Waals surface area contributed by atoms with Gasteiger partial charge in [-0.1, -0.05) is 19.8 Å². The highest BCUT2D eigenvalue weighted by molar-refractivity contribution is 5.76. The molecule has 1 aliphatic rings. The van der Waals surface area contributed by atoms with E-state index in [4.69, 9.17) is 4.74 Å². The number of esters is 1. The van der Waals surface area contributed by atoms with Crippen molar-refractivity contribution in [3.05, 3.63) is 0 Å². The van der Waals surface area contributed by atoms with E-state index in [9.17, 15) is 4.79 Å². The molecule has 0 unspecified atom stereocenters. The van der Waals surface area contributed by atoms with Gasteiger partial charge in [-0.3, -0.25) is 4.79 Å². The number of methoxy groups -OCH3 is 1. The summed E-state index contributed by atoms with van der Waals surface area (Å²) < 4.78 is 4.80. The summed E-state index contributed by atoms with van der Waals surface area (Å²) in [6.45, 7) is 4.23. The van der Waals surface area contributed by atoms with Gasteiger partial charge in [-0.05, 0) is 25.7 Å². The summed E-state index contributed by atoms with van der Waals surface area (Å²) in [6, 6.07) is 0. The van der Waals surface area contributed by atoms with E-state index in [-0.39, 0.29) is 11.4 Å². The van der Waals surface area contributed by atoms with Gasteiger partial charge in [0.25, 0.3) is 0 Å². The van der Waals surface area contributed by atoms with Crippen molar-refractivity contribution in [1.29, 1.82) is 0 Å². The van der Waals surface area contributed by atoms with Gasteiger partial charge >= 0.3 is 5.97 Å². The third-order valence-corrected chi connectivity index (χ3v) is 2.90. The predicted molar refractivity (Wildman–Crippen MR) is 47.8 cm³/mol. The maximum atomic E-state index is 11.4. The molecule has 12 heavy (non-hydrogen) atoms. The molecule has 1 fully saturated rings. The third kappa shape index (κ3) is 1.79. The fourth-order valence-electron chi connectivity index (χ4n) is 2.25. The summed E-state index contributed by atoms with van der Waals surface area (Å²) >= 11 is 0. The van der Waals surface area contributed by atoms with Crippen molar-refractivity contribution in [3.63, 3.8) is 0 Å². The van der Waals surface area contributed by atoms with Gasteiger partial charge in [0.05, 0.1) is 12.5 Å². The monoisotopic (exact) mass is 170 g/mol. The number of carbonyl (C=O) groups is 1. The van der Waals surface area contributed by atoms with Crippen LogP contribution in [0.5, 0.6) is 0 Å². The standard InChI is InChI=1S/C10H18O2/c1-8-5-4-6-10(2,7-8)9(11)12-3/h8H,4-7H2,1-3H3/t8-,10-/m1/s1. The first-order valence-corrected chi connectivity index (χ1v) is 4.67. The zero-order valence-corrected chi connectivity index (χ0v) is 8.22. The van der Waals surface area contributed by atoms with E-state index in [0.29, 0.717) is 5.92 Å². The molecule has 1 rings (SSSR count). The lowest BCUT2D eigenvalue weighted by atomic mass is 9.71. The zero-order chi connectivity index (χ0) is 9.19. The maximum Gasteiger partial charge on any atom is 0.311 e. The van der Waals surface area contributed by atoms with Crippen LogP contribution in [0.3, 0.4) is 0 Å².